The summed E-state index contributed by atoms with van der Waals surface area (Å²) in [7, 11) is 0. The molecule has 21 heavy (non-hydrogen) atoms. The Morgan fingerprint density at radius 1 is 1.33 bits per heavy atom. The van der Waals surface area contributed by atoms with Crippen LogP contribution in [-0.2, 0) is 6.54 Å². The summed E-state index contributed by atoms with van der Waals surface area (Å²) in [6.45, 7) is 5.89. The molecular formula is C16H21BrFN3. The van der Waals surface area contributed by atoms with Gasteiger partial charge in [0.15, 0.2) is 0 Å². The minimum atomic E-state index is -0.234. The lowest BCUT2D eigenvalue weighted by molar-refractivity contribution is 0.517. The second-order valence-corrected chi connectivity index (χ2v) is 6.08. The molecular weight excluding hydrogens is 333 g/mol. The predicted molar refractivity (Wildman–Crippen MR) is 86.8 cm³/mol. The standard InChI is InChI=1S/C16H21BrFN3/c1-3-5-19-16(4-2)13-9-20-21(11-13)10-12-6-14(17)8-15(18)7-12/h6-9,11,16,19H,3-5,10H2,1-2H3. The van der Waals surface area contributed by atoms with Crippen molar-refractivity contribution < 1.29 is 4.39 Å². The third kappa shape index (κ3) is 4.64. The molecule has 5 heteroatoms. The molecule has 0 fully saturated rings. The van der Waals surface area contributed by atoms with Crippen LogP contribution < -0.4 is 5.32 Å². The largest absolute Gasteiger partial charge is 0.310 e. The second-order valence-electron chi connectivity index (χ2n) is 5.16. The predicted octanol–water partition coefficient (Wildman–Crippen LogP) is 4.28. The van der Waals surface area contributed by atoms with Crippen LogP contribution >= 0.6 is 15.9 Å². The molecule has 1 aromatic heterocycles. The zero-order valence-electron chi connectivity index (χ0n) is 12.4. The van der Waals surface area contributed by atoms with Crippen molar-refractivity contribution in [1.29, 1.82) is 0 Å². The lowest BCUT2D eigenvalue weighted by Crippen LogP contribution is -2.21. The van der Waals surface area contributed by atoms with E-state index < -0.39 is 0 Å². The summed E-state index contributed by atoms with van der Waals surface area (Å²) in [6.07, 6.45) is 6.07. The zero-order valence-corrected chi connectivity index (χ0v) is 14.0. The monoisotopic (exact) mass is 353 g/mol. The van der Waals surface area contributed by atoms with Gasteiger partial charge in [0.2, 0.25) is 0 Å². The molecule has 2 aromatic rings. The molecule has 1 aromatic carbocycles. The number of rotatable bonds is 7. The summed E-state index contributed by atoms with van der Waals surface area (Å²) < 4.78 is 16.0. The van der Waals surface area contributed by atoms with E-state index in [4.69, 9.17) is 0 Å². The fraction of sp³-hybridized carbons (Fsp3) is 0.438. The maximum atomic E-state index is 13.4. The Balaban J connectivity index is 2.08. The molecule has 0 saturated heterocycles. The lowest BCUT2D eigenvalue weighted by atomic mass is 10.1. The van der Waals surface area contributed by atoms with Crippen LogP contribution in [-0.4, -0.2) is 16.3 Å². The highest BCUT2D eigenvalue weighted by Gasteiger charge is 2.11. The molecule has 0 bridgehead atoms. The Morgan fingerprint density at radius 2 is 2.14 bits per heavy atom. The molecule has 0 saturated carbocycles. The normalized spacial score (nSPS) is 12.6. The van der Waals surface area contributed by atoms with Gasteiger partial charge in [-0.15, -0.1) is 0 Å². The fourth-order valence-electron chi connectivity index (χ4n) is 2.35. The summed E-state index contributed by atoms with van der Waals surface area (Å²) >= 11 is 3.31. The first kappa shape index (κ1) is 16.2. The number of hydrogen-bond donors (Lipinski definition) is 1. The highest BCUT2D eigenvalue weighted by Crippen LogP contribution is 2.18. The number of halogens is 2. The lowest BCUT2D eigenvalue weighted by Gasteiger charge is -2.14. The van der Waals surface area contributed by atoms with E-state index in [1.54, 1.807) is 6.07 Å². The molecule has 2 rings (SSSR count). The summed E-state index contributed by atoms with van der Waals surface area (Å²) in [5, 5.41) is 7.90. The van der Waals surface area contributed by atoms with Gasteiger partial charge < -0.3 is 5.32 Å². The number of nitrogens with one attached hydrogen (secondary N) is 1. The molecule has 0 radical (unpaired) electrons. The van der Waals surface area contributed by atoms with Gasteiger partial charge in [0.05, 0.1) is 12.7 Å². The van der Waals surface area contributed by atoms with E-state index in [9.17, 15) is 4.39 Å². The Morgan fingerprint density at radius 3 is 2.81 bits per heavy atom. The van der Waals surface area contributed by atoms with Crippen molar-refractivity contribution in [2.45, 2.75) is 39.3 Å². The van der Waals surface area contributed by atoms with Gasteiger partial charge in [-0.3, -0.25) is 4.68 Å². The highest BCUT2D eigenvalue weighted by atomic mass is 79.9. The maximum Gasteiger partial charge on any atom is 0.124 e. The summed E-state index contributed by atoms with van der Waals surface area (Å²) in [6, 6.07) is 5.24. The molecule has 0 aliphatic heterocycles. The molecule has 3 nitrogen and oxygen atoms in total. The molecule has 1 atom stereocenters. The van der Waals surface area contributed by atoms with Crippen molar-refractivity contribution in [3.8, 4) is 0 Å². The molecule has 0 aliphatic carbocycles. The van der Waals surface area contributed by atoms with Crippen LogP contribution in [0.3, 0.4) is 0 Å². The van der Waals surface area contributed by atoms with E-state index in [-0.39, 0.29) is 5.82 Å². The number of aromatic nitrogens is 2. The van der Waals surface area contributed by atoms with Crippen LogP contribution in [0.4, 0.5) is 4.39 Å². The van der Waals surface area contributed by atoms with Crippen molar-refractivity contribution in [2.75, 3.05) is 6.54 Å². The minimum Gasteiger partial charge on any atom is -0.310 e. The van der Waals surface area contributed by atoms with Gasteiger partial charge in [-0.2, -0.15) is 5.10 Å². The van der Waals surface area contributed by atoms with E-state index >= 15 is 0 Å². The van der Waals surface area contributed by atoms with Gasteiger partial charge in [0.25, 0.3) is 0 Å². The first-order valence-electron chi connectivity index (χ1n) is 7.33. The Labute approximate surface area is 133 Å². The third-order valence-corrected chi connectivity index (χ3v) is 3.83. The molecule has 0 aliphatic rings. The molecule has 0 amide bonds. The highest BCUT2D eigenvalue weighted by molar-refractivity contribution is 9.10. The van der Waals surface area contributed by atoms with Crippen molar-refractivity contribution in [1.82, 2.24) is 15.1 Å². The quantitative estimate of drug-likeness (QED) is 0.804. The van der Waals surface area contributed by atoms with Gasteiger partial charge in [-0.25, -0.2) is 4.39 Å². The molecule has 1 heterocycles. The average molecular weight is 354 g/mol. The van der Waals surface area contributed by atoms with Crippen LogP contribution in [0.25, 0.3) is 0 Å². The van der Waals surface area contributed by atoms with Crippen LogP contribution in [0, 0.1) is 5.82 Å². The van der Waals surface area contributed by atoms with Crippen LogP contribution in [0.15, 0.2) is 35.1 Å². The number of benzene rings is 1. The van der Waals surface area contributed by atoms with Crippen LogP contribution in [0.1, 0.15) is 43.9 Å². The molecule has 1 unspecified atom stereocenters. The van der Waals surface area contributed by atoms with E-state index in [2.05, 4.69) is 40.2 Å². The van der Waals surface area contributed by atoms with Crippen molar-refractivity contribution in [3.63, 3.8) is 0 Å². The van der Waals surface area contributed by atoms with E-state index in [0.29, 0.717) is 12.6 Å². The van der Waals surface area contributed by atoms with Gasteiger partial charge >= 0.3 is 0 Å². The van der Waals surface area contributed by atoms with Crippen molar-refractivity contribution in [3.05, 3.63) is 52.0 Å². The zero-order chi connectivity index (χ0) is 15.2. The maximum absolute atomic E-state index is 13.4. The number of nitrogens with zero attached hydrogens (tertiary/aromatic N) is 2. The molecule has 114 valence electrons. The summed E-state index contributed by atoms with van der Waals surface area (Å²) in [5.41, 5.74) is 2.08. The van der Waals surface area contributed by atoms with E-state index in [1.807, 2.05) is 23.1 Å². The van der Waals surface area contributed by atoms with Crippen LogP contribution in [0.2, 0.25) is 0 Å². The van der Waals surface area contributed by atoms with Crippen molar-refractivity contribution >= 4 is 15.9 Å². The topological polar surface area (TPSA) is 29.9 Å². The molecule has 0 spiro atoms. The summed E-state index contributed by atoms with van der Waals surface area (Å²) in [5.74, 6) is -0.234. The first-order valence-corrected chi connectivity index (χ1v) is 8.12. The fourth-order valence-corrected chi connectivity index (χ4v) is 2.86. The Bertz CT molecular complexity index is 562. The minimum absolute atomic E-state index is 0.234. The van der Waals surface area contributed by atoms with Gasteiger partial charge in [-0.1, -0.05) is 29.8 Å². The van der Waals surface area contributed by atoms with E-state index in [0.717, 1.165) is 29.4 Å². The smallest absolute Gasteiger partial charge is 0.124 e. The van der Waals surface area contributed by atoms with Crippen molar-refractivity contribution in [2.24, 2.45) is 0 Å². The van der Waals surface area contributed by atoms with Crippen LogP contribution in [0.5, 0.6) is 0 Å². The van der Waals surface area contributed by atoms with Gasteiger partial charge in [-0.05, 0) is 43.1 Å². The van der Waals surface area contributed by atoms with E-state index in [1.165, 1.54) is 11.6 Å². The average Bonchev–Trinajstić information content (AvgIpc) is 2.87. The third-order valence-electron chi connectivity index (χ3n) is 3.37. The summed E-state index contributed by atoms with van der Waals surface area (Å²) in [4.78, 5) is 0. The Kier molecular flexibility index (Phi) is 5.94. The SMILES string of the molecule is CCCNC(CC)c1cnn(Cc2cc(F)cc(Br)c2)c1. The molecule has 1 N–H and O–H groups in total. The first-order chi connectivity index (χ1) is 10.1. The Hall–Kier alpha value is -1.20. The van der Waals surface area contributed by atoms with Gasteiger partial charge in [0.1, 0.15) is 5.82 Å². The second kappa shape index (κ2) is 7.71. The number of hydrogen-bond acceptors (Lipinski definition) is 2. The van der Waals surface area contributed by atoms with Gasteiger partial charge in [0, 0.05) is 22.3 Å².